The number of nitrogens with one attached hydrogen (secondary N) is 1. The molecule has 0 unspecified atom stereocenters. The minimum atomic E-state index is 0.753. The standard InChI is InChI=1S/C11H19N3S/c1-14-9-10(8-13-14)2-5-12-11-3-6-15-7-4-11/h8-9,11-12H,2-7H2,1H3. The van der Waals surface area contributed by atoms with Crippen LogP contribution >= 0.6 is 11.8 Å². The molecule has 0 saturated carbocycles. The van der Waals surface area contributed by atoms with Gasteiger partial charge >= 0.3 is 0 Å². The van der Waals surface area contributed by atoms with E-state index in [0.29, 0.717) is 0 Å². The molecule has 1 N–H and O–H groups in total. The molecule has 1 aliphatic heterocycles. The van der Waals surface area contributed by atoms with Gasteiger partial charge < -0.3 is 5.32 Å². The Labute approximate surface area is 95.6 Å². The second-order valence-electron chi connectivity index (χ2n) is 4.11. The summed E-state index contributed by atoms with van der Waals surface area (Å²) in [7, 11) is 1.97. The largest absolute Gasteiger partial charge is 0.314 e. The van der Waals surface area contributed by atoms with Crippen LogP contribution in [0.5, 0.6) is 0 Å². The fourth-order valence-corrected chi connectivity index (χ4v) is 3.03. The van der Waals surface area contributed by atoms with Crippen molar-refractivity contribution in [3.63, 3.8) is 0 Å². The van der Waals surface area contributed by atoms with Crippen LogP contribution in [-0.2, 0) is 13.5 Å². The second-order valence-corrected chi connectivity index (χ2v) is 5.34. The van der Waals surface area contributed by atoms with Crippen LogP contribution in [0.2, 0.25) is 0 Å². The van der Waals surface area contributed by atoms with E-state index in [-0.39, 0.29) is 0 Å². The Morgan fingerprint density at radius 2 is 2.33 bits per heavy atom. The average Bonchev–Trinajstić information content (AvgIpc) is 2.66. The maximum Gasteiger partial charge on any atom is 0.0522 e. The highest BCUT2D eigenvalue weighted by Gasteiger charge is 2.12. The Hall–Kier alpha value is -0.480. The summed E-state index contributed by atoms with van der Waals surface area (Å²) in [5.41, 5.74) is 1.33. The van der Waals surface area contributed by atoms with Crippen molar-refractivity contribution in [3.8, 4) is 0 Å². The Bertz CT molecular complexity index is 292. The van der Waals surface area contributed by atoms with Crippen molar-refractivity contribution >= 4 is 11.8 Å². The predicted octanol–water partition coefficient (Wildman–Crippen LogP) is 1.45. The lowest BCUT2D eigenvalue weighted by atomic mass is 10.1. The maximum atomic E-state index is 4.17. The van der Waals surface area contributed by atoms with Crippen molar-refractivity contribution in [2.75, 3.05) is 18.1 Å². The molecule has 1 aliphatic rings. The Kier molecular flexibility index (Phi) is 4.09. The zero-order valence-corrected chi connectivity index (χ0v) is 10.1. The normalized spacial score (nSPS) is 18.2. The quantitative estimate of drug-likeness (QED) is 0.841. The summed E-state index contributed by atoms with van der Waals surface area (Å²) in [5.74, 6) is 2.65. The van der Waals surface area contributed by atoms with Crippen LogP contribution in [0.25, 0.3) is 0 Å². The van der Waals surface area contributed by atoms with Gasteiger partial charge in [0.15, 0.2) is 0 Å². The molecule has 4 heteroatoms. The molecule has 15 heavy (non-hydrogen) atoms. The topological polar surface area (TPSA) is 29.9 Å². The van der Waals surface area contributed by atoms with Gasteiger partial charge in [-0.2, -0.15) is 16.9 Å². The van der Waals surface area contributed by atoms with Crippen molar-refractivity contribution in [1.29, 1.82) is 0 Å². The molecule has 2 heterocycles. The smallest absolute Gasteiger partial charge is 0.0522 e. The Balaban J connectivity index is 1.65. The van der Waals surface area contributed by atoms with E-state index in [9.17, 15) is 0 Å². The highest BCUT2D eigenvalue weighted by molar-refractivity contribution is 7.99. The van der Waals surface area contributed by atoms with E-state index >= 15 is 0 Å². The van der Waals surface area contributed by atoms with Gasteiger partial charge in [-0.3, -0.25) is 4.68 Å². The molecule has 0 atom stereocenters. The van der Waals surface area contributed by atoms with Crippen LogP contribution in [0.1, 0.15) is 18.4 Å². The Morgan fingerprint density at radius 1 is 1.53 bits per heavy atom. The first-order chi connectivity index (χ1) is 7.34. The molecule has 2 rings (SSSR count). The van der Waals surface area contributed by atoms with E-state index in [1.54, 1.807) is 0 Å². The third kappa shape index (κ3) is 3.54. The number of nitrogens with zero attached hydrogens (tertiary/aromatic N) is 2. The lowest BCUT2D eigenvalue weighted by Gasteiger charge is -2.22. The van der Waals surface area contributed by atoms with Gasteiger partial charge in [0.2, 0.25) is 0 Å². The predicted molar refractivity (Wildman–Crippen MR) is 65.3 cm³/mol. The van der Waals surface area contributed by atoms with Crippen molar-refractivity contribution in [1.82, 2.24) is 15.1 Å². The molecular weight excluding hydrogens is 206 g/mol. The third-order valence-electron chi connectivity index (χ3n) is 2.83. The summed E-state index contributed by atoms with van der Waals surface area (Å²) >= 11 is 2.08. The summed E-state index contributed by atoms with van der Waals surface area (Å²) in [5, 5.41) is 7.80. The van der Waals surface area contributed by atoms with Gasteiger partial charge in [0, 0.05) is 19.3 Å². The highest BCUT2D eigenvalue weighted by Crippen LogP contribution is 2.16. The zero-order valence-electron chi connectivity index (χ0n) is 9.28. The fourth-order valence-electron chi connectivity index (χ4n) is 1.92. The molecule has 0 radical (unpaired) electrons. The molecule has 0 spiro atoms. The number of aromatic nitrogens is 2. The second kappa shape index (κ2) is 5.56. The van der Waals surface area contributed by atoms with E-state index in [4.69, 9.17) is 0 Å². The third-order valence-corrected chi connectivity index (χ3v) is 3.88. The van der Waals surface area contributed by atoms with E-state index < -0.39 is 0 Å². The van der Waals surface area contributed by atoms with Crippen LogP contribution in [0.3, 0.4) is 0 Å². The van der Waals surface area contributed by atoms with Gasteiger partial charge in [0.05, 0.1) is 6.20 Å². The summed E-state index contributed by atoms with van der Waals surface area (Å²) < 4.78 is 1.87. The molecule has 1 saturated heterocycles. The summed E-state index contributed by atoms with van der Waals surface area (Å²) in [4.78, 5) is 0. The molecule has 1 aromatic rings. The van der Waals surface area contributed by atoms with Gasteiger partial charge in [-0.05, 0) is 42.9 Å². The van der Waals surface area contributed by atoms with Crippen LogP contribution in [-0.4, -0.2) is 33.9 Å². The minimum absolute atomic E-state index is 0.753. The number of aryl methyl sites for hydroxylation is 1. The fraction of sp³-hybridized carbons (Fsp3) is 0.727. The Morgan fingerprint density at radius 3 is 3.00 bits per heavy atom. The number of hydrogen-bond donors (Lipinski definition) is 1. The van der Waals surface area contributed by atoms with E-state index in [1.807, 2.05) is 17.9 Å². The molecular formula is C11H19N3S. The molecule has 1 fully saturated rings. The van der Waals surface area contributed by atoms with Gasteiger partial charge in [-0.15, -0.1) is 0 Å². The van der Waals surface area contributed by atoms with Crippen molar-refractivity contribution < 1.29 is 0 Å². The molecule has 0 bridgehead atoms. The summed E-state index contributed by atoms with van der Waals surface area (Å²) in [6.07, 6.45) is 7.81. The monoisotopic (exact) mass is 225 g/mol. The first-order valence-corrected chi connectivity index (χ1v) is 6.79. The summed E-state index contributed by atoms with van der Waals surface area (Å²) in [6.45, 7) is 1.08. The van der Waals surface area contributed by atoms with E-state index in [2.05, 4.69) is 28.4 Å². The van der Waals surface area contributed by atoms with Crippen LogP contribution < -0.4 is 5.32 Å². The van der Waals surface area contributed by atoms with Gasteiger partial charge in [-0.25, -0.2) is 0 Å². The molecule has 1 aromatic heterocycles. The molecule has 3 nitrogen and oxygen atoms in total. The minimum Gasteiger partial charge on any atom is -0.314 e. The first kappa shape index (κ1) is 11.0. The van der Waals surface area contributed by atoms with Crippen molar-refractivity contribution in [2.24, 2.45) is 7.05 Å². The number of rotatable bonds is 4. The van der Waals surface area contributed by atoms with Crippen LogP contribution in [0.15, 0.2) is 12.4 Å². The van der Waals surface area contributed by atoms with Crippen molar-refractivity contribution in [3.05, 3.63) is 18.0 Å². The number of thioether (sulfide) groups is 1. The molecule has 0 amide bonds. The van der Waals surface area contributed by atoms with Gasteiger partial charge in [-0.1, -0.05) is 0 Å². The van der Waals surface area contributed by atoms with Gasteiger partial charge in [0.25, 0.3) is 0 Å². The van der Waals surface area contributed by atoms with E-state index in [1.165, 1.54) is 29.9 Å². The lowest BCUT2D eigenvalue weighted by molar-refractivity contribution is 0.486. The molecule has 0 aromatic carbocycles. The maximum absolute atomic E-state index is 4.17. The van der Waals surface area contributed by atoms with Crippen LogP contribution in [0.4, 0.5) is 0 Å². The van der Waals surface area contributed by atoms with E-state index in [0.717, 1.165) is 19.0 Å². The average molecular weight is 225 g/mol. The first-order valence-electron chi connectivity index (χ1n) is 5.63. The lowest BCUT2D eigenvalue weighted by Crippen LogP contribution is -2.33. The van der Waals surface area contributed by atoms with Crippen molar-refractivity contribution in [2.45, 2.75) is 25.3 Å². The highest BCUT2D eigenvalue weighted by atomic mass is 32.2. The summed E-state index contributed by atoms with van der Waals surface area (Å²) in [6, 6.07) is 0.753. The molecule has 0 aliphatic carbocycles. The zero-order chi connectivity index (χ0) is 10.5. The van der Waals surface area contributed by atoms with Crippen LogP contribution in [0, 0.1) is 0 Å². The molecule has 84 valence electrons. The number of hydrogen-bond acceptors (Lipinski definition) is 3. The SMILES string of the molecule is Cn1cc(CCNC2CCSCC2)cn1. The van der Waals surface area contributed by atoms with Gasteiger partial charge in [0.1, 0.15) is 0 Å².